The molecule has 0 spiro atoms. The molecular weight excluding hydrogens is 316 g/mol. The summed E-state index contributed by atoms with van der Waals surface area (Å²) in [5.41, 5.74) is 0.383. The summed E-state index contributed by atoms with van der Waals surface area (Å²) in [7, 11) is 0. The second-order valence-corrected chi connectivity index (χ2v) is 4.48. The van der Waals surface area contributed by atoms with E-state index >= 15 is 0 Å². The molecule has 14 heavy (non-hydrogen) atoms. The second kappa shape index (κ2) is 4.70. The van der Waals surface area contributed by atoms with E-state index in [4.69, 9.17) is 5.11 Å². The Bertz CT molecular complexity index is 367. The number of halogens is 2. The molecule has 0 saturated heterocycles. The van der Waals surface area contributed by atoms with Crippen molar-refractivity contribution in [1.82, 2.24) is 0 Å². The molecule has 3 nitrogen and oxygen atoms in total. The third kappa shape index (κ3) is 3.23. The number of carbonyl (C=O) groups is 2. The third-order valence-corrected chi connectivity index (χ3v) is 2.41. The Morgan fingerprint density at radius 1 is 1.14 bits per heavy atom. The fourth-order valence-electron chi connectivity index (χ4n) is 0.954. The first kappa shape index (κ1) is 11.4. The number of benzene rings is 1. The molecule has 0 aliphatic rings. The average molecular weight is 322 g/mol. The lowest BCUT2D eigenvalue weighted by Crippen LogP contribution is -2.06. The molecule has 1 rings (SSSR count). The number of ketones is 1. The van der Waals surface area contributed by atoms with Crippen LogP contribution in [0.15, 0.2) is 27.1 Å². The van der Waals surface area contributed by atoms with Crippen molar-refractivity contribution in [3.63, 3.8) is 0 Å². The Balaban J connectivity index is 2.95. The largest absolute Gasteiger partial charge is 0.481 e. The van der Waals surface area contributed by atoms with Crippen LogP contribution in [0.25, 0.3) is 0 Å². The van der Waals surface area contributed by atoms with Gasteiger partial charge >= 0.3 is 5.97 Å². The second-order valence-electron chi connectivity index (χ2n) is 2.65. The van der Waals surface area contributed by atoms with Crippen molar-refractivity contribution in [2.75, 3.05) is 0 Å². The zero-order valence-electron chi connectivity index (χ0n) is 6.96. The first-order valence-corrected chi connectivity index (χ1v) is 5.28. The first-order chi connectivity index (χ1) is 6.49. The van der Waals surface area contributed by atoms with Gasteiger partial charge in [-0.25, -0.2) is 0 Å². The van der Waals surface area contributed by atoms with Crippen molar-refractivity contribution < 1.29 is 14.7 Å². The molecule has 0 amide bonds. The maximum absolute atomic E-state index is 11.3. The van der Waals surface area contributed by atoms with Crippen molar-refractivity contribution in [3.8, 4) is 0 Å². The lowest BCUT2D eigenvalue weighted by atomic mass is 10.1. The van der Waals surface area contributed by atoms with Gasteiger partial charge in [-0.05, 0) is 18.2 Å². The Hall–Kier alpha value is -0.680. The molecule has 0 radical (unpaired) electrons. The van der Waals surface area contributed by atoms with Crippen molar-refractivity contribution in [2.24, 2.45) is 0 Å². The Labute approximate surface area is 97.4 Å². The van der Waals surface area contributed by atoms with E-state index in [9.17, 15) is 9.59 Å². The fraction of sp³-hybridized carbons (Fsp3) is 0.111. The van der Waals surface area contributed by atoms with Gasteiger partial charge in [0.05, 0.1) is 0 Å². The van der Waals surface area contributed by atoms with Gasteiger partial charge in [-0.3, -0.25) is 9.59 Å². The van der Waals surface area contributed by atoms with E-state index in [1.807, 2.05) is 0 Å². The van der Waals surface area contributed by atoms with Crippen LogP contribution in [-0.2, 0) is 4.79 Å². The number of hydrogen-bond acceptors (Lipinski definition) is 2. The summed E-state index contributed by atoms with van der Waals surface area (Å²) in [6.07, 6.45) is -0.483. The Morgan fingerprint density at radius 2 is 1.64 bits per heavy atom. The van der Waals surface area contributed by atoms with Gasteiger partial charge in [0.1, 0.15) is 6.42 Å². The minimum atomic E-state index is -1.12. The van der Waals surface area contributed by atoms with Crippen LogP contribution in [0.5, 0.6) is 0 Å². The summed E-state index contributed by atoms with van der Waals surface area (Å²) in [6, 6.07) is 4.96. The molecule has 1 aromatic rings. The van der Waals surface area contributed by atoms with Gasteiger partial charge in [0.15, 0.2) is 5.78 Å². The van der Waals surface area contributed by atoms with E-state index < -0.39 is 18.2 Å². The van der Waals surface area contributed by atoms with Crippen LogP contribution in [0.4, 0.5) is 0 Å². The zero-order valence-corrected chi connectivity index (χ0v) is 10.1. The minimum absolute atomic E-state index is 0.383. The van der Waals surface area contributed by atoms with Crippen molar-refractivity contribution in [1.29, 1.82) is 0 Å². The molecule has 0 bridgehead atoms. The third-order valence-electron chi connectivity index (χ3n) is 1.50. The quantitative estimate of drug-likeness (QED) is 0.688. The predicted octanol–water partition coefficient (Wildman–Crippen LogP) is 2.87. The lowest BCUT2D eigenvalue weighted by Gasteiger charge is -2.00. The SMILES string of the molecule is O=C(O)CC(=O)c1cc(Br)cc(Br)c1. The molecule has 0 fully saturated rings. The van der Waals surface area contributed by atoms with Crippen LogP contribution in [0, 0.1) is 0 Å². The van der Waals surface area contributed by atoms with E-state index in [1.54, 1.807) is 18.2 Å². The van der Waals surface area contributed by atoms with Gasteiger partial charge < -0.3 is 5.11 Å². The van der Waals surface area contributed by atoms with E-state index in [2.05, 4.69) is 31.9 Å². The van der Waals surface area contributed by atoms with Gasteiger partial charge in [-0.1, -0.05) is 31.9 Å². The summed E-state index contributed by atoms with van der Waals surface area (Å²) >= 11 is 6.44. The normalized spacial score (nSPS) is 9.86. The molecular formula is C9H6Br2O3. The molecule has 0 saturated carbocycles. The fourth-order valence-corrected chi connectivity index (χ4v) is 2.25. The molecule has 74 valence electrons. The molecule has 0 aromatic heterocycles. The maximum Gasteiger partial charge on any atom is 0.311 e. The Kier molecular flexibility index (Phi) is 3.83. The monoisotopic (exact) mass is 320 g/mol. The van der Waals surface area contributed by atoms with Crippen LogP contribution in [0.2, 0.25) is 0 Å². The number of carboxylic acids is 1. The number of rotatable bonds is 3. The predicted molar refractivity (Wildman–Crippen MR) is 58.4 cm³/mol. The number of carbonyl (C=O) groups excluding carboxylic acids is 1. The molecule has 5 heteroatoms. The van der Waals surface area contributed by atoms with E-state index in [1.165, 1.54) is 0 Å². The van der Waals surface area contributed by atoms with E-state index in [-0.39, 0.29) is 0 Å². The molecule has 0 unspecified atom stereocenters. The highest BCUT2D eigenvalue weighted by atomic mass is 79.9. The summed E-state index contributed by atoms with van der Waals surface area (Å²) in [6.45, 7) is 0. The highest BCUT2D eigenvalue weighted by molar-refractivity contribution is 9.11. The summed E-state index contributed by atoms with van der Waals surface area (Å²) < 4.78 is 1.47. The first-order valence-electron chi connectivity index (χ1n) is 3.70. The number of carboxylic acid groups (broad SMARTS) is 1. The smallest absolute Gasteiger partial charge is 0.311 e. The molecule has 1 N–H and O–H groups in total. The summed E-state index contributed by atoms with van der Waals surface area (Å²) in [5, 5.41) is 8.44. The van der Waals surface area contributed by atoms with Crippen LogP contribution in [0.1, 0.15) is 16.8 Å². The standard InChI is InChI=1S/C9H6Br2O3/c10-6-1-5(2-7(11)3-6)8(12)4-9(13)14/h1-3H,4H2,(H,13,14). The number of aliphatic carboxylic acids is 1. The van der Waals surface area contributed by atoms with Crippen LogP contribution in [0.3, 0.4) is 0 Å². The maximum atomic E-state index is 11.3. The summed E-state index contributed by atoms with van der Waals surface area (Å²) in [4.78, 5) is 21.6. The van der Waals surface area contributed by atoms with Gasteiger partial charge in [0.25, 0.3) is 0 Å². The highest BCUT2D eigenvalue weighted by Crippen LogP contribution is 2.20. The molecule has 0 aliphatic heterocycles. The van der Waals surface area contributed by atoms with Gasteiger partial charge in [-0.15, -0.1) is 0 Å². The molecule has 0 heterocycles. The van der Waals surface area contributed by atoms with Crippen molar-refractivity contribution in [2.45, 2.75) is 6.42 Å². The Morgan fingerprint density at radius 3 is 2.07 bits per heavy atom. The molecule has 1 aromatic carbocycles. The van der Waals surface area contributed by atoms with E-state index in [0.717, 1.165) is 8.95 Å². The molecule has 0 aliphatic carbocycles. The van der Waals surface area contributed by atoms with Crippen LogP contribution in [-0.4, -0.2) is 16.9 Å². The topological polar surface area (TPSA) is 54.4 Å². The van der Waals surface area contributed by atoms with Gasteiger partial charge in [0, 0.05) is 14.5 Å². The van der Waals surface area contributed by atoms with Crippen LogP contribution >= 0.6 is 31.9 Å². The number of hydrogen-bond donors (Lipinski definition) is 1. The van der Waals surface area contributed by atoms with Crippen molar-refractivity contribution >= 4 is 43.6 Å². The van der Waals surface area contributed by atoms with Crippen LogP contribution < -0.4 is 0 Å². The van der Waals surface area contributed by atoms with Gasteiger partial charge in [0.2, 0.25) is 0 Å². The molecule has 0 atom stereocenters. The number of Topliss-reactive ketones (excluding diaryl/α,β-unsaturated/α-hetero) is 1. The van der Waals surface area contributed by atoms with Gasteiger partial charge in [-0.2, -0.15) is 0 Å². The highest BCUT2D eigenvalue weighted by Gasteiger charge is 2.11. The summed E-state index contributed by atoms with van der Waals surface area (Å²) in [5.74, 6) is -1.52. The van der Waals surface area contributed by atoms with E-state index in [0.29, 0.717) is 5.56 Å². The lowest BCUT2D eigenvalue weighted by molar-refractivity contribution is -0.135. The average Bonchev–Trinajstić information content (AvgIpc) is 2.00. The minimum Gasteiger partial charge on any atom is -0.481 e. The zero-order chi connectivity index (χ0) is 10.7. The van der Waals surface area contributed by atoms with Crippen molar-refractivity contribution in [3.05, 3.63) is 32.7 Å².